The standard InChI is InChI=1S/C23H14N2O5S/c24-12-16-4-1-2-5-17(16)13-25-21(26)20(31-23(25)29)11-18-8-9-19(30-18)14-6-3-7-15(10-14)22(27)28/h1-11H,13H2,(H,27,28). The van der Waals surface area contributed by atoms with Crippen molar-refractivity contribution in [3.05, 3.63) is 88.0 Å². The fourth-order valence-corrected chi connectivity index (χ4v) is 3.91. The van der Waals surface area contributed by atoms with Crippen LogP contribution in [-0.4, -0.2) is 27.1 Å². The van der Waals surface area contributed by atoms with E-state index >= 15 is 0 Å². The van der Waals surface area contributed by atoms with Crippen molar-refractivity contribution < 1.29 is 23.9 Å². The van der Waals surface area contributed by atoms with Crippen LogP contribution >= 0.6 is 11.8 Å². The van der Waals surface area contributed by atoms with Gasteiger partial charge in [-0.1, -0.05) is 30.3 Å². The van der Waals surface area contributed by atoms with Crippen LogP contribution in [0, 0.1) is 11.3 Å². The van der Waals surface area contributed by atoms with Gasteiger partial charge in [-0.05, 0) is 47.7 Å². The number of thioether (sulfide) groups is 1. The molecule has 1 aliphatic rings. The number of rotatable bonds is 5. The van der Waals surface area contributed by atoms with Crippen LogP contribution in [0.3, 0.4) is 0 Å². The predicted octanol–water partition coefficient (Wildman–Crippen LogP) is 4.75. The van der Waals surface area contributed by atoms with Gasteiger partial charge in [0.15, 0.2) is 0 Å². The van der Waals surface area contributed by atoms with Gasteiger partial charge in [-0.25, -0.2) is 4.79 Å². The number of imide groups is 1. The van der Waals surface area contributed by atoms with Gasteiger partial charge in [0.05, 0.1) is 28.6 Å². The van der Waals surface area contributed by atoms with Crippen molar-refractivity contribution in [3.63, 3.8) is 0 Å². The maximum absolute atomic E-state index is 12.7. The normalized spacial score (nSPS) is 14.8. The van der Waals surface area contributed by atoms with Gasteiger partial charge in [0.25, 0.3) is 11.1 Å². The van der Waals surface area contributed by atoms with Crippen molar-refractivity contribution in [1.82, 2.24) is 4.90 Å². The highest BCUT2D eigenvalue weighted by Crippen LogP contribution is 2.34. The molecule has 0 radical (unpaired) electrons. The summed E-state index contributed by atoms with van der Waals surface area (Å²) in [7, 11) is 0. The first kappa shape index (κ1) is 20.2. The van der Waals surface area contributed by atoms with Crippen LogP contribution < -0.4 is 0 Å². The minimum Gasteiger partial charge on any atom is -0.478 e. The van der Waals surface area contributed by atoms with Crippen molar-refractivity contribution in [2.45, 2.75) is 6.54 Å². The lowest BCUT2D eigenvalue weighted by molar-refractivity contribution is -0.123. The third-order valence-corrected chi connectivity index (χ3v) is 5.54. The molecule has 2 aromatic carbocycles. The van der Waals surface area contributed by atoms with E-state index in [1.807, 2.05) is 0 Å². The fourth-order valence-electron chi connectivity index (χ4n) is 3.09. The number of nitrogens with zero attached hydrogens (tertiary/aromatic N) is 2. The van der Waals surface area contributed by atoms with Crippen molar-refractivity contribution >= 4 is 35.0 Å². The molecule has 152 valence electrons. The molecule has 3 aromatic rings. The summed E-state index contributed by atoms with van der Waals surface area (Å²) >= 11 is 0.799. The first-order valence-corrected chi connectivity index (χ1v) is 9.95. The SMILES string of the molecule is N#Cc1ccccc1CN1C(=O)SC(=Cc2ccc(-c3cccc(C(=O)O)c3)o2)C1=O. The monoisotopic (exact) mass is 430 g/mol. The molecule has 1 N–H and O–H groups in total. The molecule has 0 atom stereocenters. The first-order chi connectivity index (χ1) is 15.0. The van der Waals surface area contributed by atoms with Gasteiger partial charge in [-0.3, -0.25) is 14.5 Å². The molecule has 0 aliphatic carbocycles. The number of furan rings is 1. The minimum atomic E-state index is -1.04. The fraction of sp³-hybridized carbons (Fsp3) is 0.0435. The van der Waals surface area contributed by atoms with E-state index in [1.165, 1.54) is 18.2 Å². The zero-order chi connectivity index (χ0) is 22.0. The molecule has 0 bridgehead atoms. The van der Waals surface area contributed by atoms with Crippen molar-refractivity contribution in [2.24, 2.45) is 0 Å². The molecular weight excluding hydrogens is 416 g/mol. The maximum atomic E-state index is 12.7. The minimum absolute atomic E-state index is 0.0110. The van der Waals surface area contributed by atoms with E-state index in [4.69, 9.17) is 9.52 Å². The van der Waals surface area contributed by atoms with E-state index in [2.05, 4.69) is 6.07 Å². The zero-order valence-corrected chi connectivity index (χ0v) is 16.8. The Labute approximate surface area is 181 Å². The van der Waals surface area contributed by atoms with Crippen LogP contribution in [0.1, 0.15) is 27.2 Å². The maximum Gasteiger partial charge on any atom is 0.335 e. The number of hydrogen-bond acceptors (Lipinski definition) is 6. The quantitative estimate of drug-likeness (QED) is 0.581. The van der Waals surface area contributed by atoms with Crippen LogP contribution in [0.2, 0.25) is 0 Å². The third kappa shape index (κ3) is 4.13. The van der Waals surface area contributed by atoms with Crippen LogP contribution in [0.25, 0.3) is 17.4 Å². The summed E-state index contributed by atoms with van der Waals surface area (Å²) in [5, 5.41) is 17.9. The average molecular weight is 430 g/mol. The number of carboxylic acids is 1. The second-order valence-corrected chi connectivity index (χ2v) is 7.62. The van der Waals surface area contributed by atoms with Crippen LogP contribution in [0.5, 0.6) is 0 Å². The summed E-state index contributed by atoms with van der Waals surface area (Å²) in [4.78, 5) is 37.6. The van der Waals surface area contributed by atoms with Crippen LogP contribution in [-0.2, 0) is 11.3 Å². The molecular formula is C23H14N2O5S. The van der Waals surface area contributed by atoms with Gasteiger partial charge >= 0.3 is 5.97 Å². The lowest BCUT2D eigenvalue weighted by Gasteiger charge is -2.13. The molecule has 2 amide bonds. The molecule has 2 heterocycles. The summed E-state index contributed by atoms with van der Waals surface area (Å²) in [6.07, 6.45) is 1.48. The van der Waals surface area contributed by atoms with E-state index in [9.17, 15) is 19.6 Å². The topological polar surface area (TPSA) is 112 Å². The molecule has 4 rings (SSSR count). The number of carboxylic acid groups (broad SMARTS) is 1. The van der Waals surface area contributed by atoms with Gasteiger partial charge < -0.3 is 9.52 Å². The number of benzene rings is 2. The highest BCUT2D eigenvalue weighted by atomic mass is 32.2. The zero-order valence-electron chi connectivity index (χ0n) is 15.9. The smallest absolute Gasteiger partial charge is 0.335 e. The Bertz CT molecular complexity index is 1280. The van der Waals surface area contributed by atoms with E-state index in [0.717, 1.165) is 16.7 Å². The second kappa shape index (κ2) is 8.34. The van der Waals surface area contributed by atoms with Crippen molar-refractivity contribution in [3.8, 4) is 17.4 Å². The van der Waals surface area contributed by atoms with Gasteiger partial charge in [-0.2, -0.15) is 5.26 Å². The summed E-state index contributed by atoms with van der Waals surface area (Å²) < 4.78 is 5.73. The second-order valence-electron chi connectivity index (χ2n) is 6.62. The van der Waals surface area contributed by atoms with Crippen molar-refractivity contribution in [2.75, 3.05) is 0 Å². The van der Waals surface area contributed by atoms with E-state index in [0.29, 0.717) is 28.2 Å². The van der Waals surface area contributed by atoms with Gasteiger partial charge in [0, 0.05) is 11.6 Å². The number of amides is 2. The number of aromatic carboxylic acids is 1. The molecule has 8 heteroatoms. The highest BCUT2D eigenvalue weighted by molar-refractivity contribution is 8.18. The number of carbonyl (C=O) groups is 3. The van der Waals surface area contributed by atoms with E-state index in [-0.39, 0.29) is 17.0 Å². The summed E-state index contributed by atoms with van der Waals surface area (Å²) in [5.74, 6) is -0.705. The Balaban J connectivity index is 1.56. The Morgan fingerprint density at radius 2 is 1.94 bits per heavy atom. The molecule has 0 unspecified atom stereocenters. The molecule has 1 aromatic heterocycles. The number of nitriles is 1. The highest BCUT2D eigenvalue weighted by Gasteiger charge is 2.35. The van der Waals surface area contributed by atoms with Gasteiger partial charge in [0.1, 0.15) is 11.5 Å². The van der Waals surface area contributed by atoms with Gasteiger partial charge in [-0.15, -0.1) is 0 Å². The van der Waals surface area contributed by atoms with Crippen LogP contribution in [0.15, 0.2) is 70.0 Å². The number of hydrogen-bond donors (Lipinski definition) is 1. The lowest BCUT2D eigenvalue weighted by atomic mass is 10.1. The van der Waals surface area contributed by atoms with Crippen LogP contribution in [0.4, 0.5) is 4.79 Å². The molecule has 0 spiro atoms. The number of carbonyl (C=O) groups excluding carboxylic acids is 2. The molecule has 0 saturated carbocycles. The predicted molar refractivity (Wildman–Crippen MR) is 114 cm³/mol. The summed E-state index contributed by atoms with van der Waals surface area (Å²) in [6, 6.07) is 18.5. The third-order valence-electron chi connectivity index (χ3n) is 4.63. The Morgan fingerprint density at radius 1 is 1.13 bits per heavy atom. The lowest BCUT2D eigenvalue weighted by Crippen LogP contribution is -2.27. The van der Waals surface area contributed by atoms with Crippen molar-refractivity contribution in [1.29, 1.82) is 5.26 Å². The molecule has 31 heavy (non-hydrogen) atoms. The summed E-state index contributed by atoms with van der Waals surface area (Å²) in [6.45, 7) is 0.0110. The summed E-state index contributed by atoms with van der Waals surface area (Å²) in [5.41, 5.74) is 1.71. The van der Waals surface area contributed by atoms with E-state index < -0.39 is 17.1 Å². The molecule has 1 aliphatic heterocycles. The molecule has 1 saturated heterocycles. The Kier molecular flexibility index (Phi) is 5.43. The molecule has 7 nitrogen and oxygen atoms in total. The average Bonchev–Trinajstić information content (AvgIpc) is 3.34. The largest absolute Gasteiger partial charge is 0.478 e. The van der Waals surface area contributed by atoms with Gasteiger partial charge in [0.2, 0.25) is 0 Å². The van der Waals surface area contributed by atoms with E-state index in [1.54, 1.807) is 48.5 Å². The molecule has 1 fully saturated rings. The Hall–Kier alpha value is -4.09. The Morgan fingerprint density at radius 3 is 2.71 bits per heavy atom. The first-order valence-electron chi connectivity index (χ1n) is 9.13.